The molecule has 1 heterocycles. The van der Waals surface area contributed by atoms with E-state index in [0.29, 0.717) is 0 Å². The van der Waals surface area contributed by atoms with Gasteiger partial charge in [0.05, 0.1) is 5.69 Å². The molecule has 0 spiro atoms. The van der Waals surface area contributed by atoms with E-state index in [-0.39, 0.29) is 5.56 Å². The Kier molecular flexibility index (Phi) is 2.69. The Balaban J connectivity index is 2.70. The molecule has 0 atom stereocenters. The van der Waals surface area contributed by atoms with Gasteiger partial charge in [-0.2, -0.15) is 0 Å². The number of nitrogens with zero attached hydrogens (tertiary/aromatic N) is 1. The maximum absolute atomic E-state index is 11.8. The van der Waals surface area contributed by atoms with E-state index in [1.807, 2.05) is 25.1 Å². The SMILES string of the molecule is CCc1c(-c2ccccc2C)[nH]n(C)c1=O. The first-order valence-corrected chi connectivity index (χ1v) is 5.49. The van der Waals surface area contributed by atoms with Gasteiger partial charge in [0.2, 0.25) is 0 Å². The van der Waals surface area contributed by atoms with Gasteiger partial charge < -0.3 is 0 Å². The van der Waals surface area contributed by atoms with Gasteiger partial charge in [0.25, 0.3) is 5.56 Å². The third kappa shape index (κ3) is 1.58. The van der Waals surface area contributed by atoms with E-state index in [9.17, 15) is 4.79 Å². The molecule has 0 unspecified atom stereocenters. The number of rotatable bonds is 2. The standard InChI is InChI=1S/C13H16N2O/c1-4-10-12(14-15(3)13(10)16)11-8-6-5-7-9(11)2/h5-8,14H,4H2,1-3H3. The van der Waals surface area contributed by atoms with Crippen molar-refractivity contribution in [3.63, 3.8) is 0 Å². The number of hydrogen-bond acceptors (Lipinski definition) is 1. The number of H-pyrrole nitrogens is 1. The molecular formula is C13H16N2O. The molecule has 3 nitrogen and oxygen atoms in total. The molecule has 1 aromatic heterocycles. The quantitative estimate of drug-likeness (QED) is 0.821. The van der Waals surface area contributed by atoms with Crippen molar-refractivity contribution in [3.8, 4) is 11.3 Å². The molecule has 0 fully saturated rings. The smallest absolute Gasteiger partial charge is 0.270 e. The van der Waals surface area contributed by atoms with Crippen LogP contribution in [0.2, 0.25) is 0 Å². The zero-order valence-corrected chi connectivity index (χ0v) is 9.87. The van der Waals surface area contributed by atoms with Crippen molar-refractivity contribution >= 4 is 0 Å². The molecule has 0 bridgehead atoms. The van der Waals surface area contributed by atoms with Crippen molar-refractivity contribution in [1.29, 1.82) is 0 Å². The van der Waals surface area contributed by atoms with Crippen LogP contribution in [-0.2, 0) is 13.5 Å². The lowest BCUT2D eigenvalue weighted by atomic mass is 10.0. The monoisotopic (exact) mass is 216 g/mol. The van der Waals surface area contributed by atoms with E-state index < -0.39 is 0 Å². The first-order valence-electron chi connectivity index (χ1n) is 5.49. The summed E-state index contributed by atoms with van der Waals surface area (Å²) in [6, 6.07) is 8.10. The van der Waals surface area contributed by atoms with Gasteiger partial charge >= 0.3 is 0 Å². The van der Waals surface area contributed by atoms with Crippen molar-refractivity contribution < 1.29 is 0 Å². The molecule has 0 aliphatic rings. The fourth-order valence-corrected chi connectivity index (χ4v) is 2.00. The molecule has 84 valence electrons. The first-order chi connectivity index (χ1) is 7.65. The third-order valence-electron chi connectivity index (χ3n) is 2.91. The summed E-state index contributed by atoms with van der Waals surface area (Å²) in [5.74, 6) is 0. The molecule has 0 aliphatic heterocycles. The number of benzene rings is 1. The first kappa shape index (κ1) is 10.7. The molecule has 2 rings (SSSR count). The van der Waals surface area contributed by atoms with Crippen LogP contribution in [-0.4, -0.2) is 9.78 Å². The number of hydrogen-bond donors (Lipinski definition) is 1. The summed E-state index contributed by atoms with van der Waals surface area (Å²) in [6.07, 6.45) is 0.750. The number of aromatic nitrogens is 2. The highest BCUT2D eigenvalue weighted by Crippen LogP contribution is 2.23. The van der Waals surface area contributed by atoms with Crippen LogP contribution in [0.5, 0.6) is 0 Å². The topological polar surface area (TPSA) is 37.8 Å². The van der Waals surface area contributed by atoms with Gasteiger partial charge in [-0.3, -0.25) is 14.6 Å². The van der Waals surface area contributed by atoms with E-state index in [1.54, 1.807) is 11.7 Å². The van der Waals surface area contributed by atoms with Crippen molar-refractivity contribution in [2.75, 3.05) is 0 Å². The Morgan fingerprint density at radius 3 is 2.62 bits per heavy atom. The highest BCUT2D eigenvalue weighted by atomic mass is 16.1. The van der Waals surface area contributed by atoms with Crippen LogP contribution in [0, 0.1) is 6.92 Å². The van der Waals surface area contributed by atoms with Crippen LogP contribution in [0.1, 0.15) is 18.1 Å². The average molecular weight is 216 g/mol. The summed E-state index contributed by atoms with van der Waals surface area (Å²) in [4.78, 5) is 11.8. The average Bonchev–Trinajstić information content (AvgIpc) is 2.56. The van der Waals surface area contributed by atoms with Gasteiger partial charge in [0, 0.05) is 18.2 Å². The van der Waals surface area contributed by atoms with Gasteiger partial charge in [-0.15, -0.1) is 0 Å². The number of aromatic amines is 1. The van der Waals surface area contributed by atoms with E-state index in [2.05, 4.69) is 18.1 Å². The summed E-state index contributed by atoms with van der Waals surface area (Å²) in [6.45, 7) is 4.06. The van der Waals surface area contributed by atoms with Crippen molar-refractivity contribution in [1.82, 2.24) is 9.78 Å². The van der Waals surface area contributed by atoms with Crippen LogP contribution in [0.4, 0.5) is 0 Å². The minimum absolute atomic E-state index is 0.0701. The van der Waals surface area contributed by atoms with Gasteiger partial charge in [-0.1, -0.05) is 31.2 Å². The van der Waals surface area contributed by atoms with Gasteiger partial charge in [0.1, 0.15) is 0 Å². The summed E-state index contributed by atoms with van der Waals surface area (Å²) < 4.78 is 1.54. The lowest BCUT2D eigenvalue weighted by Gasteiger charge is -2.04. The Labute approximate surface area is 94.7 Å². The fraction of sp³-hybridized carbons (Fsp3) is 0.308. The Morgan fingerprint density at radius 2 is 2.00 bits per heavy atom. The molecule has 0 saturated heterocycles. The zero-order chi connectivity index (χ0) is 11.7. The molecule has 16 heavy (non-hydrogen) atoms. The Bertz CT molecular complexity index is 564. The Hall–Kier alpha value is -1.77. The lowest BCUT2D eigenvalue weighted by molar-refractivity contribution is 0.740. The minimum atomic E-state index is 0.0701. The maximum Gasteiger partial charge on any atom is 0.270 e. The van der Waals surface area contributed by atoms with E-state index in [0.717, 1.165) is 23.2 Å². The highest BCUT2D eigenvalue weighted by Gasteiger charge is 2.13. The van der Waals surface area contributed by atoms with E-state index in [1.165, 1.54) is 5.56 Å². The van der Waals surface area contributed by atoms with Crippen molar-refractivity contribution in [3.05, 3.63) is 45.7 Å². The highest BCUT2D eigenvalue weighted by molar-refractivity contribution is 5.66. The summed E-state index contributed by atoms with van der Waals surface area (Å²) in [7, 11) is 1.75. The van der Waals surface area contributed by atoms with E-state index >= 15 is 0 Å². The fourth-order valence-electron chi connectivity index (χ4n) is 2.00. The maximum atomic E-state index is 11.8. The second-order valence-electron chi connectivity index (χ2n) is 4.00. The number of aryl methyl sites for hydroxylation is 2. The molecule has 3 heteroatoms. The summed E-state index contributed by atoms with van der Waals surface area (Å²) in [5, 5.41) is 3.13. The molecule has 0 aliphatic carbocycles. The predicted molar refractivity (Wildman–Crippen MR) is 65.6 cm³/mol. The van der Waals surface area contributed by atoms with Crippen LogP contribution in [0.15, 0.2) is 29.1 Å². The van der Waals surface area contributed by atoms with Gasteiger partial charge in [-0.25, -0.2) is 0 Å². The van der Waals surface area contributed by atoms with E-state index in [4.69, 9.17) is 0 Å². The summed E-state index contributed by atoms with van der Waals surface area (Å²) in [5.41, 5.74) is 4.17. The molecule has 0 radical (unpaired) electrons. The van der Waals surface area contributed by atoms with Crippen LogP contribution in [0.25, 0.3) is 11.3 Å². The molecule has 1 N–H and O–H groups in total. The zero-order valence-electron chi connectivity index (χ0n) is 9.87. The predicted octanol–water partition coefficient (Wildman–Crippen LogP) is 2.25. The van der Waals surface area contributed by atoms with Gasteiger partial charge in [0.15, 0.2) is 0 Å². The van der Waals surface area contributed by atoms with Gasteiger partial charge in [-0.05, 0) is 18.9 Å². The molecule has 0 saturated carbocycles. The second kappa shape index (κ2) is 4.00. The largest absolute Gasteiger partial charge is 0.295 e. The Morgan fingerprint density at radius 1 is 1.31 bits per heavy atom. The third-order valence-corrected chi connectivity index (χ3v) is 2.91. The minimum Gasteiger partial charge on any atom is -0.295 e. The molecule has 0 amide bonds. The van der Waals surface area contributed by atoms with Crippen molar-refractivity contribution in [2.24, 2.45) is 7.05 Å². The van der Waals surface area contributed by atoms with Crippen molar-refractivity contribution in [2.45, 2.75) is 20.3 Å². The normalized spacial score (nSPS) is 10.7. The van der Waals surface area contributed by atoms with Crippen LogP contribution in [0.3, 0.4) is 0 Å². The summed E-state index contributed by atoms with van der Waals surface area (Å²) >= 11 is 0. The number of nitrogens with one attached hydrogen (secondary N) is 1. The second-order valence-corrected chi connectivity index (χ2v) is 4.00. The molecule has 2 aromatic rings. The molecular weight excluding hydrogens is 200 g/mol. The van der Waals surface area contributed by atoms with Crippen LogP contribution >= 0.6 is 0 Å². The lowest BCUT2D eigenvalue weighted by Crippen LogP contribution is -2.14. The molecule has 1 aromatic carbocycles. The van der Waals surface area contributed by atoms with Crippen LogP contribution < -0.4 is 5.56 Å².